The fourth-order valence-electron chi connectivity index (χ4n) is 4.16. The fraction of sp³-hybridized carbons (Fsp3) is 0.667. The first-order chi connectivity index (χ1) is 23.0. The van der Waals surface area contributed by atoms with Crippen LogP contribution in [0.2, 0.25) is 0 Å². The molecule has 1 heteroatoms. The first-order valence-electron chi connectivity index (χ1n) is 19.9. The third-order valence-corrected chi connectivity index (χ3v) is 7.93. The van der Waals surface area contributed by atoms with E-state index in [0.29, 0.717) is 5.92 Å². The maximum absolute atomic E-state index is 4.23. The Hall–Kier alpha value is -1.73. The summed E-state index contributed by atoms with van der Waals surface area (Å²) in [6, 6.07) is 8.66. The number of thiol groups is 1. The Kier molecular flexibility index (Phi) is 56.1. The number of hydrogen-bond donors (Lipinski definition) is 1. The molecular formula is C48H92S. The summed E-state index contributed by atoms with van der Waals surface area (Å²) in [6.07, 6.45) is 18.1. The molecule has 0 saturated carbocycles. The zero-order chi connectivity index (χ0) is 39.8. The van der Waals surface area contributed by atoms with Gasteiger partial charge in [-0.3, -0.25) is 0 Å². The molecule has 1 aromatic carbocycles. The van der Waals surface area contributed by atoms with Crippen molar-refractivity contribution >= 4 is 12.6 Å². The second-order valence-corrected chi connectivity index (χ2v) is 14.4. The average Bonchev–Trinajstić information content (AvgIpc) is 3.05. The topological polar surface area (TPSA) is 0 Å². The molecule has 0 fully saturated rings. The van der Waals surface area contributed by atoms with Crippen LogP contribution in [-0.2, 0) is 6.42 Å². The molecule has 49 heavy (non-hydrogen) atoms. The van der Waals surface area contributed by atoms with Gasteiger partial charge in [0.25, 0.3) is 0 Å². The van der Waals surface area contributed by atoms with Crippen LogP contribution in [0.1, 0.15) is 193 Å². The summed E-state index contributed by atoms with van der Waals surface area (Å²) in [5.41, 5.74) is 7.76. The van der Waals surface area contributed by atoms with Crippen LogP contribution in [0, 0.1) is 24.7 Å². The fourth-order valence-corrected chi connectivity index (χ4v) is 4.33. The number of unbranched alkanes of at least 4 members (excludes halogenated alkanes) is 1. The van der Waals surface area contributed by atoms with Crippen LogP contribution in [0.25, 0.3) is 0 Å². The summed E-state index contributed by atoms with van der Waals surface area (Å²) in [5, 5.41) is 0. The van der Waals surface area contributed by atoms with E-state index in [1.54, 1.807) is 6.08 Å². The molecule has 1 aromatic rings. The first kappa shape index (κ1) is 59.4. The third-order valence-electron chi connectivity index (χ3n) is 7.59. The van der Waals surface area contributed by atoms with Gasteiger partial charge in [0.05, 0.1) is 0 Å². The van der Waals surface area contributed by atoms with Crippen molar-refractivity contribution in [2.75, 3.05) is 0 Å². The highest BCUT2D eigenvalue weighted by Gasteiger charge is 2.13. The molecule has 0 bridgehead atoms. The van der Waals surface area contributed by atoms with E-state index >= 15 is 0 Å². The van der Waals surface area contributed by atoms with Gasteiger partial charge in [-0.15, -0.1) is 19.2 Å². The molecule has 0 aromatic heterocycles. The molecule has 1 unspecified atom stereocenters. The van der Waals surface area contributed by atoms with E-state index in [9.17, 15) is 0 Å². The Morgan fingerprint density at radius 2 is 1.10 bits per heavy atom. The minimum Gasteiger partial charge on any atom is -0.148 e. The maximum atomic E-state index is 4.23. The van der Waals surface area contributed by atoms with Gasteiger partial charge in [-0.25, -0.2) is 0 Å². The minimum absolute atomic E-state index is 0.655. The zero-order valence-corrected chi connectivity index (χ0v) is 37.9. The van der Waals surface area contributed by atoms with Gasteiger partial charge in [0.1, 0.15) is 0 Å². The van der Waals surface area contributed by atoms with E-state index in [2.05, 4.69) is 167 Å². The number of allylic oxidation sites excluding steroid dienone is 7. The van der Waals surface area contributed by atoms with Crippen LogP contribution in [0.4, 0.5) is 0 Å². The summed E-state index contributed by atoms with van der Waals surface area (Å²) in [6.45, 7) is 50.1. The monoisotopic (exact) mass is 701 g/mol. The van der Waals surface area contributed by atoms with E-state index in [1.165, 1.54) is 92.1 Å². The highest BCUT2D eigenvalue weighted by atomic mass is 32.1. The second kappa shape index (κ2) is 46.3. The summed E-state index contributed by atoms with van der Waals surface area (Å²) in [7, 11) is 0. The molecule has 0 aliphatic carbocycles. The second-order valence-electron chi connectivity index (χ2n) is 13.7. The van der Waals surface area contributed by atoms with Crippen molar-refractivity contribution in [3.05, 3.63) is 94.5 Å². The van der Waals surface area contributed by atoms with Crippen molar-refractivity contribution in [3.8, 4) is 0 Å². The molecule has 1 rings (SSSR count). The number of aryl methyl sites for hydroxylation is 2. The molecule has 0 radical (unpaired) electrons. The molecule has 0 heterocycles. The largest absolute Gasteiger partial charge is 0.148 e. The van der Waals surface area contributed by atoms with E-state index in [-0.39, 0.29) is 0 Å². The molecule has 1 atom stereocenters. The van der Waals surface area contributed by atoms with Crippen LogP contribution >= 0.6 is 12.6 Å². The predicted molar refractivity (Wildman–Crippen MR) is 241 cm³/mol. The number of hydrogen-bond acceptors (Lipinski definition) is 1. The van der Waals surface area contributed by atoms with Crippen molar-refractivity contribution in [1.82, 2.24) is 0 Å². The summed E-state index contributed by atoms with van der Waals surface area (Å²) in [4.78, 5) is 1.10. The number of benzene rings is 1. The van der Waals surface area contributed by atoms with Gasteiger partial charge in [-0.2, -0.15) is 0 Å². The molecule has 0 aliphatic rings. The van der Waals surface area contributed by atoms with Gasteiger partial charge in [0.15, 0.2) is 0 Å². The molecular weight excluding hydrogens is 609 g/mol. The van der Waals surface area contributed by atoms with Gasteiger partial charge in [0.2, 0.25) is 0 Å². The summed E-state index contributed by atoms with van der Waals surface area (Å²) in [5.74, 6) is 2.38. The molecule has 0 aliphatic heterocycles. The molecule has 0 saturated heterocycles. The van der Waals surface area contributed by atoms with Crippen molar-refractivity contribution in [3.63, 3.8) is 0 Å². The lowest BCUT2D eigenvalue weighted by Crippen LogP contribution is -2.07. The quantitative estimate of drug-likeness (QED) is 0.118. The van der Waals surface area contributed by atoms with Crippen LogP contribution < -0.4 is 0 Å². The average molecular weight is 701 g/mol. The molecule has 0 nitrogen and oxygen atoms in total. The lowest BCUT2D eigenvalue weighted by Gasteiger charge is -2.21. The third kappa shape index (κ3) is 50.8. The first-order valence-corrected chi connectivity index (χ1v) is 20.4. The normalized spacial score (nSPS) is 11.0. The molecule has 0 amide bonds. The lowest BCUT2D eigenvalue weighted by molar-refractivity contribution is 0.434. The van der Waals surface area contributed by atoms with Crippen LogP contribution in [-0.4, -0.2) is 0 Å². The Bertz CT molecular complexity index is 882. The maximum Gasteiger partial charge on any atom is -0.0163 e. The Labute approximate surface area is 319 Å². The van der Waals surface area contributed by atoms with Crippen molar-refractivity contribution < 1.29 is 0 Å². The molecule has 290 valence electrons. The van der Waals surface area contributed by atoms with E-state index < -0.39 is 0 Å². The summed E-state index contributed by atoms with van der Waals surface area (Å²) >= 11 is 4.23. The van der Waals surface area contributed by atoms with Crippen molar-refractivity contribution in [1.29, 1.82) is 0 Å². The molecule has 0 spiro atoms. The van der Waals surface area contributed by atoms with E-state index in [4.69, 9.17) is 0 Å². The van der Waals surface area contributed by atoms with Gasteiger partial charge < -0.3 is 0 Å². The highest BCUT2D eigenvalue weighted by Crippen LogP contribution is 2.27. The van der Waals surface area contributed by atoms with E-state index in [1.807, 2.05) is 20.8 Å². The SMILES string of the molecule is C/C=C(C)\C(C)=C(\C)S.C=C(C)C(=C)C(CCC)CC(C)C.C=CC.CCC.CCCC.CCCC(C)CCC.CCc1ccc(C)cc1. The Balaban J connectivity index is -0.000000116. The highest BCUT2D eigenvalue weighted by molar-refractivity contribution is 7.84. The zero-order valence-electron chi connectivity index (χ0n) is 37.0. The van der Waals surface area contributed by atoms with Crippen LogP contribution in [0.3, 0.4) is 0 Å². The standard InChI is InChI=1S/C13H24.C9H12.C8H14S.C8H18.C4H10.C3H8.C3H6/c1-7-8-13(9-10(2)3)12(6)11(4)5;1-3-9-6-4-8(2)5-7-9;1-5-6(2)7(3)8(4)9;1-4-6-8(3)7-5-2;1-3-4-2;2*1-3-2/h10,13H,4,6-9H2,1-3,5H3;4-7H,3H2,1-2H3;5,9H,1-4H3;8H,4-7H2,1-3H3;3-4H2,1-2H3;3H2,1-2H3;3H,1H2,2H3/b;;6-5-,8-7-;;;;. The van der Waals surface area contributed by atoms with Gasteiger partial charge >= 0.3 is 0 Å². The number of rotatable bonds is 13. The minimum atomic E-state index is 0.655. The van der Waals surface area contributed by atoms with Gasteiger partial charge in [-0.1, -0.05) is 194 Å². The Morgan fingerprint density at radius 1 is 0.714 bits per heavy atom. The predicted octanol–water partition coefficient (Wildman–Crippen LogP) is 18.0. The Morgan fingerprint density at radius 3 is 1.33 bits per heavy atom. The lowest BCUT2D eigenvalue weighted by atomic mass is 9.85. The van der Waals surface area contributed by atoms with Crippen molar-refractivity contribution in [2.45, 2.75) is 195 Å². The summed E-state index contributed by atoms with van der Waals surface area (Å²) < 4.78 is 0. The molecule has 0 N–H and O–H groups in total. The smallest absolute Gasteiger partial charge is 0.0163 e. The van der Waals surface area contributed by atoms with Gasteiger partial charge in [0, 0.05) is 0 Å². The van der Waals surface area contributed by atoms with Crippen LogP contribution in [0.5, 0.6) is 0 Å². The van der Waals surface area contributed by atoms with Gasteiger partial charge in [-0.05, 0) is 107 Å². The van der Waals surface area contributed by atoms with Crippen molar-refractivity contribution in [2.24, 2.45) is 17.8 Å². The van der Waals surface area contributed by atoms with Crippen LogP contribution in [0.15, 0.2) is 83.4 Å². The van der Waals surface area contributed by atoms with E-state index in [0.717, 1.165) is 28.7 Å².